The van der Waals surface area contributed by atoms with Crippen LogP contribution in [0.1, 0.15) is 39.9 Å². The van der Waals surface area contributed by atoms with Gasteiger partial charge in [-0.2, -0.15) is 0 Å². The monoisotopic (exact) mass is 533 g/mol. The number of fused-ring (bicyclic) bond motifs is 2. The number of thiophene rings is 2. The van der Waals surface area contributed by atoms with Crippen molar-refractivity contribution in [1.29, 1.82) is 0 Å². The van der Waals surface area contributed by atoms with Gasteiger partial charge in [-0.15, -0.1) is 28.6 Å². The first-order valence-electron chi connectivity index (χ1n) is 13.4. The van der Waals surface area contributed by atoms with E-state index in [9.17, 15) is 4.79 Å². The molecule has 38 heavy (non-hydrogen) atoms. The van der Waals surface area contributed by atoms with E-state index in [1.165, 1.54) is 20.9 Å². The largest absolute Gasteiger partial charge is 0.312 e. The van der Waals surface area contributed by atoms with E-state index in [0.717, 1.165) is 40.6 Å². The van der Waals surface area contributed by atoms with Gasteiger partial charge < -0.3 is 5.32 Å². The van der Waals surface area contributed by atoms with Gasteiger partial charge in [0.25, 0.3) is 0 Å². The van der Waals surface area contributed by atoms with Crippen LogP contribution in [0.5, 0.6) is 0 Å². The average molecular weight is 534 g/mol. The first kappa shape index (κ1) is 25.1. The van der Waals surface area contributed by atoms with Gasteiger partial charge in [-0.25, -0.2) is 0 Å². The first-order chi connectivity index (χ1) is 18.7. The van der Waals surface area contributed by atoms with Gasteiger partial charge in [0, 0.05) is 22.2 Å². The molecule has 0 unspecified atom stereocenters. The Kier molecular flexibility index (Phi) is 7.42. The van der Waals surface area contributed by atoms with Gasteiger partial charge in [-0.05, 0) is 84.3 Å². The van der Waals surface area contributed by atoms with E-state index in [4.69, 9.17) is 0 Å². The minimum Gasteiger partial charge on any atom is -0.312 e. The van der Waals surface area contributed by atoms with Crippen LogP contribution in [0.4, 0.5) is 0 Å². The fourth-order valence-electron chi connectivity index (χ4n) is 6.05. The van der Waals surface area contributed by atoms with Crippen LogP contribution in [0.15, 0.2) is 78.9 Å². The molecule has 2 aliphatic rings. The molecule has 4 aromatic rings. The molecular weight excluding hydrogens is 503 g/mol. The summed E-state index contributed by atoms with van der Waals surface area (Å²) in [5, 5.41) is 6.28. The minimum absolute atomic E-state index is 0.0198. The lowest BCUT2D eigenvalue weighted by Gasteiger charge is -2.41. The van der Waals surface area contributed by atoms with Gasteiger partial charge in [-0.3, -0.25) is 4.79 Å². The number of ketones is 1. The third-order valence-electron chi connectivity index (χ3n) is 7.90. The standard InChI is InChI=1S/C34H31NOS2/c1-2-8-27-14-16-31(37-27)32-17-18-33(38-32)34(36)28-15-13-26(22-35-21-23-9-4-3-5-10-23)29-19-24-11-6-7-12-25(24)20-30(28)29/h3-7,9-12,14,16-20,26,28-30,35H,13,15,21-22H2,1H3/t26-,28-,29+,30-/m0/s1. The lowest BCUT2D eigenvalue weighted by atomic mass is 9.63. The zero-order chi connectivity index (χ0) is 25.9. The smallest absolute Gasteiger partial charge is 0.176 e. The Bertz CT molecular complexity index is 1620. The van der Waals surface area contributed by atoms with Crippen molar-refractivity contribution in [3.63, 3.8) is 0 Å². The molecule has 2 aromatic heterocycles. The second-order valence-electron chi connectivity index (χ2n) is 10.2. The Morgan fingerprint density at radius 3 is 2.34 bits per heavy atom. The molecule has 0 saturated heterocycles. The fourth-order valence-corrected chi connectivity index (χ4v) is 8.06. The summed E-state index contributed by atoms with van der Waals surface area (Å²) in [6, 6.07) is 27.6. The van der Waals surface area contributed by atoms with Crippen LogP contribution >= 0.6 is 22.7 Å². The van der Waals surface area contributed by atoms with Crippen molar-refractivity contribution in [2.45, 2.75) is 26.3 Å². The third-order valence-corrected chi connectivity index (χ3v) is 10.2. The molecule has 0 amide bonds. The SMILES string of the molecule is CC#Cc1ccc(-c2ccc(C(=O)[C@H]3CC[C@@H](CNCc4ccccc4)[C@H]4C=c5ccccc5=C[C@H]43)s2)s1. The van der Waals surface area contributed by atoms with Crippen LogP contribution in [-0.4, -0.2) is 12.3 Å². The van der Waals surface area contributed by atoms with E-state index in [2.05, 4.69) is 102 Å². The summed E-state index contributed by atoms with van der Waals surface area (Å²) in [4.78, 5) is 18.3. The minimum atomic E-state index is 0.0198. The summed E-state index contributed by atoms with van der Waals surface area (Å²) in [7, 11) is 0. The number of hydrogen-bond donors (Lipinski definition) is 1. The Morgan fingerprint density at radius 2 is 1.55 bits per heavy atom. The maximum atomic E-state index is 14.0. The molecule has 1 fully saturated rings. The van der Waals surface area contributed by atoms with E-state index in [1.807, 2.05) is 13.0 Å². The van der Waals surface area contributed by atoms with Crippen LogP contribution in [0.2, 0.25) is 0 Å². The van der Waals surface area contributed by atoms with Crippen molar-refractivity contribution in [3.8, 4) is 21.6 Å². The number of rotatable bonds is 7. The molecule has 190 valence electrons. The zero-order valence-electron chi connectivity index (χ0n) is 21.5. The highest BCUT2D eigenvalue weighted by Crippen LogP contribution is 2.44. The third kappa shape index (κ3) is 5.20. The zero-order valence-corrected chi connectivity index (χ0v) is 23.2. The van der Waals surface area contributed by atoms with Crippen molar-refractivity contribution < 1.29 is 4.79 Å². The number of benzene rings is 2. The normalized spacial score (nSPS) is 21.7. The van der Waals surface area contributed by atoms with Gasteiger partial charge in [0.1, 0.15) is 0 Å². The molecule has 2 nitrogen and oxygen atoms in total. The fraction of sp³-hybridized carbons (Fsp3) is 0.265. The van der Waals surface area contributed by atoms with E-state index >= 15 is 0 Å². The summed E-state index contributed by atoms with van der Waals surface area (Å²) in [5.41, 5.74) is 1.31. The maximum Gasteiger partial charge on any atom is 0.176 e. The highest BCUT2D eigenvalue weighted by molar-refractivity contribution is 7.23. The molecule has 0 radical (unpaired) electrons. The molecule has 1 saturated carbocycles. The van der Waals surface area contributed by atoms with Crippen LogP contribution in [0, 0.1) is 35.5 Å². The lowest BCUT2D eigenvalue weighted by molar-refractivity contribution is 0.0796. The molecule has 2 aromatic carbocycles. The maximum absolute atomic E-state index is 14.0. The molecular formula is C34H31NOS2. The number of Topliss-reactive ketones (excluding diaryl/α,β-unsaturated/α-hetero) is 1. The van der Waals surface area contributed by atoms with Crippen molar-refractivity contribution in [1.82, 2.24) is 5.32 Å². The van der Waals surface area contributed by atoms with E-state index in [1.54, 1.807) is 22.7 Å². The second kappa shape index (κ2) is 11.3. The van der Waals surface area contributed by atoms with Gasteiger partial charge in [0.05, 0.1) is 9.75 Å². The van der Waals surface area contributed by atoms with Crippen LogP contribution in [0.25, 0.3) is 21.9 Å². The van der Waals surface area contributed by atoms with Crippen molar-refractivity contribution in [2.75, 3.05) is 6.54 Å². The average Bonchev–Trinajstić information content (AvgIpc) is 3.63. The molecule has 0 bridgehead atoms. The number of carbonyl (C=O) groups excluding carboxylic acids is 1. The summed E-state index contributed by atoms with van der Waals surface area (Å²) < 4.78 is 0. The van der Waals surface area contributed by atoms with Gasteiger partial charge in [-0.1, -0.05) is 72.7 Å². The van der Waals surface area contributed by atoms with Crippen molar-refractivity contribution in [2.24, 2.45) is 23.7 Å². The molecule has 6 rings (SSSR count). The van der Waals surface area contributed by atoms with Gasteiger partial charge in [0.15, 0.2) is 5.78 Å². The molecule has 1 N–H and O–H groups in total. The van der Waals surface area contributed by atoms with E-state index in [-0.39, 0.29) is 11.8 Å². The quantitative estimate of drug-likeness (QED) is 0.221. The summed E-state index contributed by atoms with van der Waals surface area (Å²) in [6.07, 6.45) is 6.85. The lowest BCUT2D eigenvalue weighted by Crippen LogP contribution is -2.45. The first-order valence-corrected chi connectivity index (χ1v) is 15.0. The highest BCUT2D eigenvalue weighted by atomic mass is 32.1. The Morgan fingerprint density at radius 1 is 0.842 bits per heavy atom. The number of carbonyl (C=O) groups is 1. The summed E-state index contributed by atoms with van der Waals surface area (Å²) in [5.74, 6) is 7.55. The molecule has 2 heterocycles. The molecule has 4 heteroatoms. The predicted octanol–water partition coefficient (Wildman–Crippen LogP) is 6.35. The van der Waals surface area contributed by atoms with Crippen LogP contribution < -0.4 is 15.8 Å². The highest BCUT2D eigenvalue weighted by Gasteiger charge is 2.41. The van der Waals surface area contributed by atoms with Crippen molar-refractivity contribution in [3.05, 3.63) is 105 Å². The Balaban J connectivity index is 1.23. The van der Waals surface area contributed by atoms with Gasteiger partial charge in [0.2, 0.25) is 0 Å². The molecule has 0 aliphatic heterocycles. The summed E-state index contributed by atoms with van der Waals surface area (Å²) in [6.45, 7) is 3.71. The van der Waals surface area contributed by atoms with E-state index < -0.39 is 0 Å². The van der Waals surface area contributed by atoms with Gasteiger partial charge >= 0.3 is 0 Å². The molecule has 4 atom stereocenters. The number of nitrogens with one attached hydrogen (secondary N) is 1. The second-order valence-corrected chi connectivity index (χ2v) is 12.4. The predicted molar refractivity (Wildman–Crippen MR) is 160 cm³/mol. The Labute approximate surface area is 232 Å². The van der Waals surface area contributed by atoms with E-state index in [0.29, 0.717) is 17.6 Å². The summed E-state index contributed by atoms with van der Waals surface area (Å²) >= 11 is 3.33. The topological polar surface area (TPSA) is 29.1 Å². The molecule has 2 aliphatic carbocycles. The van der Waals surface area contributed by atoms with Crippen LogP contribution in [-0.2, 0) is 6.54 Å². The van der Waals surface area contributed by atoms with Crippen molar-refractivity contribution >= 4 is 40.6 Å². The number of hydrogen-bond acceptors (Lipinski definition) is 4. The van der Waals surface area contributed by atoms with Crippen LogP contribution in [0.3, 0.4) is 0 Å². The molecule has 0 spiro atoms. The Hall–Kier alpha value is -3.23.